The molecule has 0 spiro atoms. The van der Waals surface area contributed by atoms with Crippen molar-refractivity contribution in [3.05, 3.63) is 41.2 Å². The highest BCUT2D eigenvalue weighted by atomic mass is 16.2. The summed E-state index contributed by atoms with van der Waals surface area (Å²) in [5, 5.41) is 13.5. The van der Waals surface area contributed by atoms with E-state index in [4.69, 9.17) is 0 Å². The summed E-state index contributed by atoms with van der Waals surface area (Å²) in [6.07, 6.45) is 4.62. The van der Waals surface area contributed by atoms with Crippen molar-refractivity contribution < 1.29 is 24.0 Å². The van der Waals surface area contributed by atoms with Gasteiger partial charge in [0.25, 0.3) is 11.8 Å². The average Bonchev–Trinajstić information content (AvgIpc) is 3.36. The number of rotatable bonds is 3. The first-order valence-corrected chi connectivity index (χ1v) is 12.2. The molecule has 5 amide bonds. The SMILES string of the molecule is O=C1CCC(N2Cc3cc(-n4cc(C(=O)N5CC6CCCC(C5)C(=O)N6)nn4)ccc3C2=O)C(=O)N1. The quantitative estimate of drug-likeness (QED) is 0.564. The molecule has 2 aromatic rings. The van der Waals surface area contributed by atoms with E-state index in [-0.39, 0.29) is 54.2 Å². The van der Waals surface area contributed by atoms with Crippen molar-refractivity contribution in [3.8, 4) is 5.69 Å². The van der Waals surface area contributed by atoms with Crippen LogP contribution in [0.15, 0.2) is 24.4 Å². The van der Waals surface area contributed by atoms with E-state index in [0.717, 1.165) is 24.8 Å². The second kappa shape index (κ2) is 8.54. The number of aromatic nitrogens is 3. The first kappa shape index (κ1) is 22.4. The number of fused-ring (bicyclic) bond motifs is 4. The molecule has 2 N–H and O–H groups in total. The van der Waals surface area contributed by atoms with Crippen molar-refractivity contribution in [2.24, 2.45) is 5.92 Å². The van der Waals surface area contributed by atoms with Gasteiger partial charge >= 0.3 is 0 Å². The van der Waals surface area contributed by atoms with Gasteiger partial charge in [0.15, 0.2) is 5.69 Å². The third-order valence-corrected chi connectivity index (χ3v) is 7.48. The zero-order chi connectivity index (χ0) is 25.0. The van der Waals surface area contributed by atoms with Gasteiger partial charge in [-0.1, -0.05) is 11.6 Å². The molecular formula is C24H25N7O5. The van der Waals surface area contributed by atoms with Gasteiger partial charge in [-0.05, 0) is 43.0 Å². The minimum Gasteiger partial charge on any atom is -0.351 e. The summed E-state index contributed by atoms with van der Waals surface area (Å²) in [4.78, 5) is 65.3. The molecule has 4 aliphatic rings. The van der Waals surface area contributed by atoms with Crippen LogP contribution in [0, 0.1) is 5.92 Å². The predicted molar refractivity (Wildman–Crippen MR) is 123 cm³/mol. The molecule has 36 heavy (non-hydrogen) atoms. The summed E-state index contributed by atoms with van der Waals surface area (Å²) >= 11 is 0. The summed E-state index contributed by atoms with van der Waals surface area (Å²) in [5.41, 5.74) is 2.04. The smallest absolute Gasteiger partial charge is 0.276 e. The number of carbonyl (C=O) groups is 5. The summed E-state index contributed by atoms with van der Waals surface area (Å²) in [6.45, 7) is 1.06. The lowest BCUT2D eigenvalue weighted by Crippen LogP contribution is -2.52. The zero-order valence-corrected chi connectivity index (χ0v) is 19.5. The molecule has 1 aromatic heterocycles. The summed E-state index contributed by atoms with van der Waals surface area (Å²) < 4.78 is 1.48. The van der Waals surface area contributed by atoms with Crippen LogP contribution in [0.3, 0.4) is 0 Å². The summed E-state index contributed by atoms with van der Waals surface area (Å²) in [5.74, 6) is -1.51. The fraction of sp³-hybridized carbons (Fsp3) is 0.458. The maximum Gasteiger partial charge on any atom is 0.276 e. The first-order valence-electron chi connectivity index (χ1n) is 12.2. The number of carbonyl (C=O) groups excluding carboxylic acids is 5. The van der Waals surface area contributed by atoms with Crippen LogP contribution in [0.2, 0.25) is 0 Å². The molecule has 0 saturated carbocycles. The van der Waals surface area contributed by atoms with Gasteiger partial charge in [-0.2, -0.15) is 0 Å². The van der Waals surface area contributed by atoms with Crippen molar-refractivity contribution >= 4 is 29.5 Å². The highest BCUT2D eigenvalue weighted by Crippen LogP contribution is 2.29. The van der Waals surface area contributed by atoms with E-state index in [1.807, 2.05) is 0 Å². The number of nitrogens with one attached hydrogen (secondary N) is 2. The molecule has 6 rings (SSSR count). The van der Waals surface area contributed by atoms with Gasteiger partial charge in [-0.25, -0.2) is 4.68 Å². The first-order chi connectivity index (χ1) is 17.4. The van der Waals surface area contributed by atoms with E-state index < -0.39 is 11.9 Å². The Hall–Kier alpha value is -4.09. The van der Waals surface area contributed by atoms with Gasteiger partial charge < -0.3 is 15.1 Å². The standard InChI is InChI=1S/C24H25N7O5/c32-20-7-6-19(22(34)26-20)30-10-14-8-16(4-5-17(14)23(30)35)31-12-18(27-28-31)24(36)29-9-13-2-1-3-15(11-29)25-21(13)33/h4-5,8,12-13,15,19H,1-3,6-7,9-11H2,(H,25,33)(H,26,32,34). The number of hydrogen-bond acceptors (Lipinski definition) is 7. The molecule has 3 atom stereocenters. The van der Waals surface area contributed by atoms with E-state index in [9.17, 15) is 24.0 Å². The van der Waals surface area contributed by atoms with Gasteiger partial charge in [0.1, 0.15) is 6.04 Å². The Morgan fingerprint density at radius 2 is 1.89 bits per heavy atom. The van der Waals surface area contributed by atoms with E-state index in [1.165, 1.54) is 9.58 Å². The fourth-order valence-corrected chi connectivity index (χ4v) is 5.57. The number of piperidine rings is 1. The number of imide groups is 1. The number of nitrogens with zero attached hydrogens (tertiary/aromatic N) is 5. The highest BCUT2D eigenvalue weighted by molar-refractivity contribution is 6.05. The predicted octanol–water partition coefficient (Wildman–Crippen LogP) is -0.231. The van der Waals surface area contributed by atoms with Crippen molar-refractivity contribution in [1.82, 2.24) is 35.4 Å². The Morgan fingerprint density at radius 1 is 1.03 bits per heavy atom. The van der Waals surface area contributed by atoms with Crippen LogP contribution < -0.4 is 10.6 Å². The zero-order valence-electron chi connectivity index (χ0n) is 19.5. The summed E-state index contributed by atoms with van der Waals surface area (Å²) in [6, 6.07) is 4.45. The third-order valence-electron chi connectivity index (χ3n) is 7.48. The maximum atomic E-state index is 13.2. The number of amides is 5. The second-order valence-corrected chi connectivity index (χ2v) is 9.83. The van der Waals surface area contributed by atoms with E-state index in [0.29, 0.717) is 30.8 Å². The van der Waals surface area contributed by atoms with Crippen LogP contribution in [0.4, 0.5) is 0 Å². The Balaban J connectivity index is 1.20. The lowest BCUT2D eigenvalue weighted by molar-refractivity contribution is -0.137. The lowest BCUT2D eigenvalue weighted by Gasteiger charge is -2.29. The maximum absolute atomic E-state index is 13.2. The molecule has 2 bridgehead atoms. The van der Waals surface area contributed by atoms with Gasteiger partial charge in [-0.15, -0.1) is 5.10 Å². The monoisotopic (exact) mass is 491 g/mol. The van der Waals surface area contributed by atoms with Gasteiger partial charge in [0.2, 0.25) is 17.7 Å². The lowest BCUT2D eigenvalue weighted by atomic mass is 9.99. The Bertz CT molecular complexity index is 1300. The largest absolute Gasteiger partial charge is 0.351 e. The van der Waals surface area contributed by atoms with Gasteiger partial charge in [0.05, 0.1) is 17.8 Å². The highest BCUT2D eigenvalue weighted by Gasteiger charge is 2.39. The molecule has 186 valence electrons. The number of likely N-dealkylation sites (tertiary alicyclic amines) is 1. The van der Waals surface area contributed by atoms with Crippen molar-refractivity contribution in [2.75, 3.05) is 13.1 Å². The van der Waals surface area contributed by atoms with Gasteiger partial charge in [0, 0.05) is 37.7 Å². The molecule has 5 heterocycles. The van der Waals surface area contributed by atoms with Crippen molar-refractivity contribution in [1.29, 1.82) is 0 Å². The van der Waals surface area contributed by atoms with Crippen LogP contribution in [-0.2, 0) is 20.9 Å². The Labute approximate surface area is 206 Å². The molecule has 1 aromatic carbocycles. The van der Waals surface area contributed by atoms with Crippen LogP contribution in [0.5, 0.6) is 0 Å². The Morgan fingerprint density at radius 3 is 2.72 bits per heavy atom. The van der Waals surface area contributed by atoms with Crippen LogP contribution in [0.25, 0.3) is 5.69 Å². The summed E-state index contributed by atoms with van der Waals surface area (Å²) in [7, 11) is 0. The average molecular weight is 492 g/mol. The van der Waals surface area contributed by atoms with Crippen LogP contribution in [-0.4, -0.2) is 79.5 Å². The molecular weight excluding hydrogens is 466 g/mol. The van der Waals surface area contributed by atoms with Crippen LogP contribution in [0.1, 0.15) is 58.5 Å². The van der Waals surface area contributed by atoms with Crippen molar-refractivity contribution in [3.63, 3.8) is 0 Å². The molecule has 3 saturated heterocycles. The minimum absolute atomic E-state index is 0.00972. The molecule has 3 unspecified atom stereocenters. The molecule has 3 fully saturated rings. The van der Waals surface area contributed by atoms with E-state index in [2.05, 4.69) is 20.9 Å². The molecule has 0 radical (unpaired) electrons. The van der Waals surface area contributed by atoms with E-state index >= 15 is 0 Å². The van der Waals surface area contributed by atoms with Crippen LogP contribution >= 0.6 is 0 Å². The molecule has 12 nitrogen and oxygen atoms in total. The third kappa shape index (κ3) is 3.82. The van der Waals surface area contributed by atoms with Gasteiger partial charge in [-0.3, -0.25) is 29.3 Å². The Kier molecular flexibility index (Phi) is 5.31. The second-order valence-electron chi connectivity index (χ2n) is 9.83. The van der Waals surface area contributed by atoms with Crippen molar-refractivity contribution in [2.45, 2.75) is 50.7 Å². The number of hydrogen-bond donors (Lipinski definition) is 2. The normalized spacial score (nSPS) is 25.8. The van der Waals surface area contributed by atoms with E-state index in [1.54, 1.807) is 29.3 Å². The molecule has 4 aliphatic heterocycles. The fourth-order valence-electron chi connectivity index (χ4n) is 5.57. The molecule has 0 aliphatic carbocycles. The topological polar surface area (TPSA) is 147 Å². The number of benzene rings is 1. The minimum atomic E-state index is -0.684. The molecule has 12 heteroatoms.